The third-order valence-corrected chi connectivity index (χ3v) is 2.96. The smallest absolute Gasteiger partial charge is 0.182 e. The van der Waals surface area contributed by atoms with Gasteiger partial charge in [0.15, 0.2) is 5.78 Å². The standard InChI is InChI=1S/C15H12N2O.C2H4/c18-15(10-17-8-7-16-11-17)14-6-5-12-3-1-2-4-13(12)9-14;1-2/h1-9,11H,10H2;1-2H2. The lowest BCUT2D eigenvalue weighted by Gasteiger charge is -2.04. The van der Waals surface area contributed by atoms with E-state index in [2.05, 4.69) is 18.1 Å². The van der Waals surface area contributed by atoms with Gasteiger partial charge in [-0.1, -0.05) is 36.4 Å². The van der Waals surface area contributed by atoms with Gasteiger partial charge in [-0.05, 0) is 16.8 Å². The van der Waals surface area contributed by atoms with Crippen molar-refractivity contribution in [2.45, 2.75) is 6.54 Å². The van der Waals surface area contributed by atoms with E-state index in [1.54, 1.807) is 23.3 Å². The second-order valence-corrected chi connectivity index (χ2v) is 4.22. The summed E-state index contributed by atoms with van der Waals surface area (Å²) in [6, 6.07) is 13.8. The molecule has 0 bridgehead atoms. The monoisotopic (exact) mass is 264 g/mol. The molecule has 0 atom stereocenters. The zero-order valence-corrected chi connectivity index (χ0v) is 11.2. The summed E-state index contributed by atoms with van der Waals surface area (Å²) in [4.78, 5) is 16.0. The molecule has 0 aliphatic heterocycles. The topological polar surface area (TPSA) is 34.9 Å². The molecule has 3 aromatic rings. The number of nitrogens with zero attached hydrogens (tertiary/aromatic N) is 2. The molecule has 3 rings (SSSR count). The van der Waals surface area contributed by atoms with Gasteiger partial charge in [-0.15, -0.1) is 13.2 Å². The highest BCUT2D eigenvalue weighted by Gasteiger charge is 2.06. The average Bonchev–Trinajstić information content (AvgIpc) is 3.01. The molecule has 20 heavy (non-hydrogen) atoms. The van der Waals surface area contributed by atoms with Crippen LogP contribution in [0.5, 0.6) is 0 Å². The largest absolute Gasteiger partial charge is 0.330 e. The predicted molar refractivity (Wildman–Crippen MR) is 81.8 cm³/mol. The molecule has 0 spiro atoms. The molecule has 1 heterocycles. The summed E-state index contributed by atoms with van der Waals surface area (Å²) < 4.78 is 1.78. The second kappa shape index (κ2) is 6.48. The van der Waals surface area contributed by atoms with Gasteiger partial charge in [-0.25, -0.2) is 4.98 Å². The van der Waals surface area contributed by atoms with E-state index in [4.69, 9.17) is 0 Å². The summed E-state index contributed by atoms with van der Waals surface area (Å²) in [7, 11) is 0. The van der Waals surface area contributed by atoms with E-state index in [9.17, 15) is 4.79 Å². The highest BCUT2D eigenvalue weighted by molar-refractivity contribution is 5.99. The number of carbonyl (C=O) groups is 1. The molecule has 3 heteroatoms. The molecular weight excluding hydrogens is 248 g/mol. The fourth-order valence-electron chi connectivity index (χ4n) is 2.00. The molecule has 3 nitrogen and oxygen atoms in total. The Labute approximate surface area is 118 Å². The minimum Gasteiger partial charge on any atom is -0.330 e. The average molecular weight is 264 g/mol. The lowest BCUT2D eigenvalue weighted by atomic mass is 10.0. The quantitative estimate of drug-likeness (QED) is 0.534. The van der Waals surface area contributed by atoms with E-state index in [1.807, 2.05) is 42.5 Å². The van der Waals surface area contributed by atoms with Crippen LogP contribution >= 0.6 is 0 Å². The van der Waals surface area contributed by atoms with Crippen LogP contribution in [0.4, 0.5) is 0 Å². The Balaban J connectivity index is 0.000000704. The van der Waals surface area contributed by atoms with Crippen LogP contribution < -0.4 is 0 Å². The summed E-state index contributed by atoms with van der Waals surface area (Å²) in [5.74, 6) is 0.0961. The summed E-state index contributed by atoms with van der Waals surface area (Å²) in [5, 5.41) is 2.24. The second-order valence-electron chi connectivity index (χ2n) is 4.22. The number of imidazole rings is 1. The highest BCUT2D eigenvalue weighted by atomic mass is 16.1. The summed E-state index contributed by atoms with van der Waals surface area (Å²) in [6.45, 7) is 6.33. The first kappa shape index (κ1) is 13.7. The molecule has 0 aliphatic carbocycles. The van der Waals surface area contributed by atoms with Gasteiger partial charge in [-0.3, -0.25) is 4.79 Å². The molecule has 0 amide bonds. The third-order valence-electron chi connectivity index (χ3n) is 2.96. The van der Waals surface area contributed by atoms with Crippen molar-refractivity contribution in [1.82, 2.24) is 9.55 Å². The summed E-state index contributed by atoms with van der Waals surface area (Å²) in [6.07, 6.45) is 5.12. The molecule has 0 saturated carbocycles. The van der Waals surface area contributed by atoms with Gasteiger partial charge in [0, 0.05) is 18.0 Å². The Kier molecular flexibility index (Phi) is 4.45. The van der Waals surface area contributed by atoms with Crippen molar-refractivity contribution in [3.63, 3.8) is 0 Å². The van der Waals surface area contributed by atoms with E-state index >= 15 is 0 Å². The number of fused-ring (bicyclic) bond motifs is 1. The molecule has 0 saturated heterocycles. The first-order valence-corrected chi connectivity index (χ1v) is 6.31. The van der Waals surface area contributed by atoms with E-state index in [-0.39, 0.29) is 5.78 Å². The first-order chi connectivity index (χ1) is 9.83. The lowest BCUT2D eigenvalue weighted by molar-refractivity contribution is 0.0972. The van der Waals surface area contributed by atoms with Crippen LogP contribution in [0.2, 0.25) is 0 Å². The normalized spacial score (nSPS) is 9.80. The van der Waals surface area contributed by atoms with E-state index in [0.29, 0.717) is 6.54 Å². The number of Topliss-reactive ketones (excluding diaryl/α,β-unsaturated/α-hetero) is 1. The molecule has 0 fully saturated rings. The maximum atomic E-state index is 12.1. The van der Waals surface area contributed by atoms with Crippen LogP contribution in [0.25, 0.3) is 10.8 Å². The van der Waals surface area contributed by atoms with Gasteiger partial charge < -0.3 is 4.57 Å². The maximum Gasteiger partial charge on any atom is 0.182 e. The summed E-state index contributed by atoms with van der Waals surface area (Å²) in [5.41, 5.74) is 0.738. The number of aromatic nitrogens is 2. The van der Waals surface area contributed by atoms with Crippen LogP contribution in [0.1, 0.15) is 10.4 Å². The minimum atomic E-state index is 0.0961. The molecule has 0 aliphatic rings. The van der Waals surface area contributed by atoms with Crippen LogP contribution in [-0.4, -0.2) is 15.3 Å². The van der Waals surface area contributed by atoms with Crippen LogP contribution in [-0.2, 0) is 6.54 Å². The molecule has 0 N–H and O–H groups in total. The molecule has 0 unspecified atom stereocenters. The van der Waals surface area contributed by atoms with Crippen LogP contribution in [0.3, 0.4) is 0 Å². The van der Waals surface area contributed by atoms with Crippen molar-refractivity contribution in [2.75, 3.05) is 0 Å². The Morgan fingerprint density at radius 2 is 1.85 bits per heavy atom. The van der Waals surface area contributed by atoms with Crippen LogP contribution in [0.15, 0.2) is 74.3 Å². The first-order valence-electron chi connectivity index (χ1n) is 6.31. The van der Waals surface area contributed by atoms with Crippen molar-refractivity contribution in [3.05, 3.63) is 79.9 Å². The number of ketones is 1. The molecule has 1 aromatic heterocycles. The van der Waals surface area contributed by atoms with Gasteiger partial charge in [0.25, 0.3) is 0 Å². The third kappa shape index (κ3) is 3.01. The van der Waals surface area contributed by atoms with Crippen LogP contribution in [0, 0.1) is 0 Å². The van der Waals surface area contributed by atoms with E-state index in [1.165, 1.54) is 0 Å². The Hall–Kier alpha value is -2.68. The summed E-state index contributed by atoms with van der Waals surface area (Å²) >= 11 is 0. The van der Waals surface area contributed by atoms with E-state index < -0.39 is 0 Å². The number of benzene rings is 2. The maximum absolute atomic E-state index is 12.1. The van der Waals surface area contributed by atoms with Gasteiger partial charge in [0.2, 0.25) is 0 Å². The van der Waals surface area contributed by atoms with Crippen molar-refractivity contribution in [1.29, 1.82) is 0 Å². The van der Waals surface area contributed by atoms with Crippen molar-refractivity contribution >= 4 is 16.6 Å². The van der Waals surface area contributed by atoms with Gasteiger partial charge in [-0.2, -0.15) is 0 Å². The zero-order chi connectivity index (χ0) is 14.4. The van der Waals surface area contributed by atoms with Crippen molar-refractivity contribution in [2.24, 2.45) is 0 Å². The number of rotatable bonds is 3. The number of hydrogen-bond acceptors (Lipinski definition) is 2. The Bertz CT molecular complexity index is 702. The fourth-order valence-corrected chi connectivity index (χ4v) is 2.00. The Morgan fingerprint density at radius 1 is 1.10 bits per heavy atom. The van der Waals surface area contributed by atoms with Gasteiger partial charge in [0.1, 0.15) is 0 Å². The van der Waals surface area contributed by atoms with Crippen molar-refractivity contribution in [3.8, 4) is 0 Å². The molecule has 0 radical (unpaired) electrons. The van der Waals surface area contributed by atoms with E-state index in [0.717, 1.165) is 16.3 Å². The molecule has 2 aromatic carbocycles. The molecule has 100 valence electrons. The number of carbonyl (C=O) groups excluding carboxylic acids is 1. The van der Waals surface area contributed by atoms with Gasteiger partial charge >= 0.3 is 0 Å². The highest BCUT2D eigenvalue weighted by Crippen LogP contribution is 2.16. The molecular formula is C17H16N2O. The van der Waals surface area contributed by atoms with Gasteiger partial charge in [0.05, 0.1) is 12.9 Å². The zero-order valence-electron chi connectivity index (χ0n) is 11.2. The Morgan fingerprint density at radius 3 is 2.55 bits per heavy atom. The number of hydrogen-bond donors (Lipinski definition) is 0. The fraction of sp³-hybridized carbons (Fsp3) is 0.0588. The SMILES string of the molecule is C=C.O=C(Cn1ccnc1)c1ccc2ccccc2c1. The lowest BCUT2D eigenvalue weighted by Crippen LogP contribution is -2.08. The minimum absolute atomic E-state index is 0.0961. The van der Waals surface area contributed by atoms with Crippen molar-refractivity contribution < 1.29 is 4.79 Å². The predicted octanol–water partition coefficient (Wildman–Crippen LogP) is 3.72.